The van der Waals surface area contributed by atoms with Crippen LogP contribution in [-0.2, 0) is 11.3 Å². The average molecular weight is 455 g/mol. The summed E-state index contributed by atoms with van der Waals surface area (Å²) in [5.74, 6) is 5.99. The summed E-state index contributed by atoms with van der Waals surface area (Å²) in [6.45, 7) is -1.74. The van der Waals surface area contributed by atoms with Gasteiger partial charge in [-0.05, 0) is 40.3 Å². The number of ether oxygens (including phenoxy) is 3. The number of aromatic nitrogens is 2. The van der Waals surface area contributed by atoms with Crippen LogP contribution in [0.4, 0.5) is 14.6 Å². The summed E-state index contributed by atoms with van der Waals surface area (Å²) in [6.07, 6.45) is 1.62. The summed E-state index contributed by atoms with van der Waals surface area (Å²) in [5.41, 5.74) is 2.65. The largest absolute Gasteiger partial charge is 0.443 e. The lowest BCUT2D eigenvalue weighted by molar-refractivity contribution is -0.389. The molecule has 33 heavy (non-hydrogen) atoms. The highest BCUT2D eigenvalue weighted by molar-refractivity contribution is 5.65. The minimum atomic E-state index is -2.84. The van der Waals surface area contributed by atoms with E-state index in [0.29, 0.717) is 19.6 Å². The third-order valence-corrected chi connectivity index (χ3v) is 4.82. The number of rotatable bonds is 7. The van der Waals surface area contributed by atoms with Crippen LogP contribution >= 0.6 is 0 Å². The molecule has 1 atom stereocenters. The molecule has 3 aromatic rings. The number of nitrogens with zero attached hydrogens (tertiary/aromatic N) is 3. The Kier molecular flexibility index (Phi) is 6.80. The maximum absolute atomic E-state index is 12.2. The van der Waals surface area contributed by atoms with Crippen LogP contribution < -0.4 is 9.47 Å². The lowest BCUT2D eigenvalue weighted by atomic mass is 10.0. The minimum Gasteiger partial charge on any atom is -0.443 e. The molecule has 2 heterocycles. The van der Waals surface area contributed by atoms with E-state index in [4.69, 9.17) is 9.47 Å². The molecule has 0 radical (unpaired) electrons. The molecule has 170 valence electrons. The first-order valence-corrected chi connectivity index (χ1v) is 10.1. The average Bonchev–Trinajstić information content (AvgIpc) is 3.23. The zero-order valence-electron chi connectivity index (χ0n) is 17.3. The molecule has 0 amide bonds. The maximum atomic E-state index is 12.2. The van der Waals surface area contributed by atoms with E-state index in [1.54, 1.807) is 16.7 Å². The Hall–Kier alpha value is -3.97. The van der Waals surface area contributed by atoms with Crippen LogP contribution in [0.2, 0.25) is 0 Å². The number of imidazole rings is 1. The Morgan fingerprint density at radius 2 is 1.88 bits per heavy atom. The molecule has 1 aromatic heterocycles. The zero-order valence-corrected chi connectivity index (χ0v) is 17.3. The molecule has 10 heteroatoms. The van der Waals surface area contributed by atoms with Gasteiger partial charge in [0.2, 0.25) is 0 Å². The van der Waals surface area contributed by atoms with E-state index in [-0.39, 0.29) is 30.3 Å². The standard InChI is InChI=1S/C23H19F2N3O5/c24-22(25)33-19-10-8-18(9-11-19)17-6-4-16(5-7-17)3-1-2-12-31-20-13-27-14-21(28(29)30)26-23(27)32-15-20/h4-11,14,20,22H,2,12-13,15H2/t20-/m0/s1. The van der Waals surface area contributed by atoms with E-state index >= 15 is 0 Å². The molecule has 0 saturated heterocycles. The van der Waals surface area contributed by atoms with Gasteiger partial charge in [-0.3, -0.25) is 4.57 Å². The van der Waals surface area contributed by atoms with Crippen molar-refractivity contribution in [3.63, 3.8) is 0 Å². The van der Waals surface area contributed by atoms with Crippen LogP contribution in [0, 0.1) is 22.0 Å². The summed E-state index contributed by atoms with van der Waals surface area (Å²) in [6, 6.07) is 14.2. The van der Waals surface area contributed by atoms with Crippen molar-refractivity contribution in [2.75, 3.05) is 13.2 Å². The van der Waals surface area contributed by atoms with Gasteiger partial charge in [0.15, 0.2) is 0 Å². The lowest BCUT2D eigenvalue weighted by Gasteiger charge is -2.21. The van der Waals surface area contributed by atoms with E-state index in [2.05, 4.69) is 21.6 Å². The van der Waals surface area contributed by atoms with Crippen molar-refractivity contribution < 1.29 is 27.9 Å². The fourth-order valence-corrected chi connectivity index (χ4v) is 3.28. The molecule has 1 aliphatic heterocycles. The second-order valence-electron chi connectivity index (χ2n) is 7.13. The zero-order chi connectivity index (χ0) is 23.2. The Balaban J connectivity index is 1.24. The minimum absolute atomic E-state index is 0.116. The van der Waals surface area contributed by atoms with Crippen molar-refractivity contribution in [1.29, 1.82) is 0 Å². The van der Waals surface area contributed by atoms with E-state index in [0.717, 1.165) is 16.7 Å². The monoisotopic (exact) mass is 455 g/mol. The maximum Gasteiger partial charge on any atom is 0.414 e. The van der Waals surface area contributed by atoms with Gasteiger partial charge >= 0.3 is 18.4 Å². The van der Waals surface area contributed by atoms with Gasteiger partial charge in [0.05, 0.1) is 13.2 Å². The van der Waals surface area contributed by atoms with Gasteiger partial charge in [-0.15, -0.1) is 0 Å². The molecule has 0 bridgehead atoms. The summed E-state index contributed by atoms with van der Waals surface area (Å²) in [5, 5.41) is 10.8. The number of alkyl halides is 2. The number of benzene rings is 2. The SMILES string of the molecule is O=[N+]([O-])c1cn2c(n1)OC[C@@H](OCCC#Cc1ccc(-c3ccc(OC(F)F)cc3)cc1)C2. The second-order valence-corrected chi connectivity index (χ2v) is 7.13. The van der Waals surface area contributed by atoms with Crippen molar-refractivity contribution in [3.05, 3.63) is 70.4 Å². The summed E-state index contributed by atoms with van der Waals surface area (Å²) in [4.78, 5) is 14.0. The third kappa shape index (κ3) is 5.84. The first-order chi connectivity index (χ1) is 16.0. The van der Waals surface area contributed by atoms with Crippen LogP contribution in [0.5, 0.6) is 11.8 Å². The lowest BCUT2D eigenvalue weighted by Crippen LogP contribution is -2.32. The molecule has 0 aliphatic carbocycles. The topological polar surface area (TPSA) is 88.7 Å². The fraction of sp³-hybridized carbons (Fsp3) is 0.261. The highest BCUT2D eigenvalue weighted by Crippen LogP contribution is 2.24. The molecule has 4 rings (SSSR count). The predicted octanol–water partition coefficient (Wildman–Crippen LogP) is 4.28. The van der Waals surface area contributed by atoms with E-state index < -0.39 is 11.5 Å². The van der Waals surface area contributed by atoms with Crippen molar-refractivity contribution in [2.24, 2.45) is 0 Å². The Labute approximate surface area is 187 Å². The van der Waals surface area contributed by atoms with Gasteiger partial charge in [-0.25, -0.2) is 0 Å². The summed E-state index contributed by atoms with van der Waals surface area (Å²) >= 11 is 0. The number of halogens is 2. The molecule has 1 aliphatic rings. The molecule has 8 nitrogen and oxygen atoms in total. The number of fused-ring (bicyclic) bond motifs is 1. The van der Waals surface area contributed by atoms with Crippen molar-refractivity contribution in [1.82, 2.24) is 9.55 Å². The Morgan fingerprint density at radius 1 is 1.18 bits per heavy atom. The molecular formula is C23H19F2N3O5. The predicted molar refractivity (Wildman–Crippen MR) is 114 cm³/mol. The normalized spacial score (nSPS) is 14.7. The Bertz CT molecular complexity index is 1170. The fourth-order valence-electron chi connectivity index (χ4n) is 3.28. The quantitative estimate of drug-likeness (QED) is 0.229. The first-order valence-electron chi connectivity index (χ1n) is 10.1. The highest BCUT2D eigenvalue weighted by Gasteiger charge is 2.28. The van der Waals surface area contributed by atoms with Crippen molar-refractivity contribution in [3.8, 4) is 34.7 Å². The van der Waals surface area contributed by atoms with E-state index in [1.807, 2.05) is 24.3 Å². The van der Waals surface area contributed by atoms with Crippen LogP contribution in [0.3, 0.4) is 0 Å². The molecule has 0 spiro atoms. The molecular weight excluding hydrogens is 436 g/mol. The van der Waals surface area contributed by atoms with E-state index in [9.17, 15) is 18.9 Å². The second kappa shape index (κ2) is 10.1. The van der Waals surface area contributed by atoms with Gasteiger partial charge in [0.25, 0.3) is 0 Å². The first kappa shape index (κ1) is 22.2. The summed E-state index contributed by atoms with van der Waals surface area (Å²) in [7, 11) is 0. The van der Waals surface area contributed by atoms with E-state index in [1.165, 1.54) is 18.3 Å². The van der Waals surface area contributed by atoms with Crippen LogP contribution in [0.15, 0.2) is 54.7 Å². The molecule has 0 N–H and O–H groups in total. The van der Waals surface area contributed by atoms with Gasteiger partial charge in [0.1, 0.15) is 24.7 Å². The highest BCUT2D eigenvalue weighted by atomic mass is 19.3. The molecule has 0 unspecified atom stereocenters. The number of hydrogen-bond donors (Lipinski definition) is 0. The third-order valence-electron chi connectivity index (χ3n) is 4.82. The van der Waals surface area contributed by atoms with Crippen molar-refractivity contribution >= 4 is 5.82 Å². The van der Waals surface area contributed by atoms with Gasteiger partial charge in [0, 0.05) is 17.0 Å². The summed E-state index contributed by atoms with van der Waals surface area (Å²) < 4.78 is 41.6. The van der Waals surface area contributed by atoms with Gasteiger partial charge in [-0.2, -0.15) is 8.78 Å². The van der Waals surface area contributed by atoms with Crippen LogP contribution in [0.25, 0.3) is 11.1 Å². The van der Waals surface area contributed by atoms with Crippen LogP contribution in [0.1, 0.15) is 12.0 Å². The van der Waals surface area contributed by atoms with Gasteiger partial charge < -0.3 is 24.3 Å². The number of hydrogen-bond acceptors (Lipinski definition) is 6. The van der Waals surface area contributed by atoms with Crippen LogP contribution in [-0.4, -0.2) is 40.4 Å². The number of nitro groups is 1. The molecule has 2 aromatic carbocycles. The van der Waals surface area contributed by atoms with Crippen molar-refractivity contribution in [2.45, 2.75) is 25.7 Å². The Morgan fingerprint density at radius 3 is 2.55 bits per heavy atom. The molecule has 0 saturated carbocycles. The van der Waals surface area contributed by atoms with Gasteiger partial charge in [-0.1, -0.05) is 36.1 Å². The smallest absolute Gasteiger partial charge is 0.414 e. The molecule has 0 fully saturated rings.